The molecule has 7 nitrogen and oxygen atoms in total. The van der Waals surface area contributed by atoms with Gasteiger partial charge in [-0.1, -0.05) is 30.3 Å². The Morgan fingerprint density at radius 1 is 1.29 bits per heavy atom. The molecule has 0 saturated carbocycles. The minimum absolute atomic E-state index is 0.125. The van der Waals surface area contributed by atoms with Crippen LogP contribution in [0.15, 0.2) is 30.3 Å². The summed E-state index contributed by atoms with van der Waals surface area (Å²) < 4.78 is 30.3. The Balaban J connectivity index is 2.79. The molecule has 8 heteroatoms. The smallest absolute Gasteiger partial charge is 0.324 e. The second-order valence-corrected chi connectivity index (χ2v) is 6.22. The van der Waals surface area contributed by atoms with E-state index < -0.39 is 40.2 Å². The molecule has 0 radical (unpaired) electrons. The number of sulfonamides is 1. The van der Waals surface area contributed by atoms with Crippen molar-refractivity contribution in [3.05, 3.63) is 35.9 Å². The number of nitrogens with one attached hydrogen (secondary N) is 1. The normalized spacial score (nSPS) is 12.6. The number of carbonyl (C=O) groups is 2. The fraction of sp³-hybridized carbons (Fsp3) is 0.385. The van der Waals surface area contributed by atoms with E-state index in [0.717, 1.165) is 12.7 Å². The molecule has 0 fully saturated rings. The molecule has 0 aliphatic rings. The van der Waals surface area contributed by atoms with Crippen LogP contribution in [0.4, 0.5) is 0 Å². The van der Waals surface area contributed by atoms with Crippen LogP contribution in [0.1, 0.15) is 12.0 Å². The molecule has 1 rings (SSSR count). The Morgan fingerprint density at radius 2 is 1.90 bits per heavy atom. The number of hydrogen-bond acceptors (Lipinski definition) is 5. The standard InChI is InChI=1S/C13H17NO6S/c1-20-13(17)11(9-10-5-3-2-4-6-10)14-21(18,19)8-7-12(15)16/h2-6,11,14H,7-9H2,1H3,(H,15,16). The Hall–Kier alpha value is -1.93. The zero-order valence-electron chi connectivity index (χ0n) is 11.5. The van der Waals surface area contributed by atoms with Crippen molar-refractivity contribution in [3.8, 4) is 0 Å². The summed E-state index contributed by atoms with van der Waals surface area (Å²) in [7, 11) is -2.72. The van der Waals surface area contributed by atoms with Gasteiger partial charge < -0.3 is 9.84 Å². The molecule has 1 unspecified atom stereocenters. The molecule has 2 N–H and O–H groups in total. The van der Waals surface area contributed by atoms with Crippen molar-refractivity contribution in [2.75, 3.05) is 12.9 Å². The molecule has 0 aromatic heterocycles. The van der Waals surface area contributed by atoms with Gasteiger partial charge in [-0.3, -0.25) is 9.59 Å². The number of hydrogen-bond donors (Lipinski definition) is 2. The summed E-state index contributed by atoms with van der Waals surface area (Å²) in [5.74, 6) is -2.54. The highest BCUT2D eigenvalue weighted by Crippen LogP contribution is 2.06. The van der Waals surface area contributed by atoms with E-state index in [2.05, 4.69) is 9.46 Å². The van der Waals surface area contributed by atoms with E-state index in [4.69, 9.17) is 5.11 Å². The first-order valence-electron chi connectivity index (χ1n) is 6.17. The number of ether oxygens (including phenoxy) is 1. The Bertz CT molecular complexity index is 584. The van der Waals surface area contributed by atoms with Crippen LogP contribution in [-0.4, -0.2) is 44.4 Å². The average molecular weight is 315 g/mol. The highest BCUT2D eigenvalue weighted by atomic mass is 32.2. The fourth-order valence-electron chi connectivity index (χ4n) is 1.66. The van der Waals surface area contributed by atoms with Crippen molar-refractivity contribution >= 4 is 22.0 Å². The van der Waals surface area contributed by atoms with Crippen LogP contribution in [0.25, 0.3) is 0 Å². The Kier molecular flexibility index (Phi) is 6.32. The van der Waals surface area contributed by atoms with Gasteiger partial charge >= 0.3 is 11.9 Å². The van der Waals surface area contributed by atoms with E-state index in [1.165, 1.54) is 0 Å². The minimum atomic E-state index is -3.88. The first kappa shape index (κ1) is 17.1. The van der Waals surface area contributed by atoms with Crippen LogP contribution in [0.2, 0.25) is 0 Å². The molecule has 1 aromatic carbocycles. The summed E-state index contributed by atoms with van der Waals surface area (Å²) >= 11 is 0. The van der Waals surface area contributed by atoms with Gasteiger partial charge in [0.1, 0.15) is 6.04 Å². The summed E-state index contributed by atoms with van der Waals surface area (Å²) in [6, 6.07) is 7.75. The highest BCUT2D eigenvalue weighted by molar-refractivity contribution is 7.89. The van der Waals surface area contributed by atoms with Crippen molar-refractivity contribution < 1.29 is 27.9 Å². The highest BCUT2D eigenvalue weighted by Gasteiger charge is 2.25. The van der Waals surface area contributed by atoms with E-state index in [9.17, 15) is 18.0 Å². The number of rotatable bonds is 8. The fourth-order valence-corrected chi connectivity index (χ4v) is 2.84. The van der Waals surface area contributed by atoms with Crippen LogP contribution in [-0.2, 0) is 30.8 Å². The topological polar surface area (TPSA) is 110 Å². The first-order valence-corrected chi connectivity index (χ1v) is 7.83. The van der Waals surface area contributed by atoms with Gasteiger partial charge in [-0.2, -0.15) is 0 Å². The summed E-state index contributed by atoms with van der Waals surface area (Å²) in [5.41, 5.74) is 0.758. The molecular weight excluding hydrogens is 298 g/mol. The summed E-state index contributed by atoms with van der Waals surface area (Å²) in [6.45, 7) is 0. The van der Waals surface area contributed by atoms with Gasteiger partial charge in [-0.05, 0) is 12.0 Å². The van der Waals surface area contributed by atoms with Crippen LogP contribution in [0.5, 0.6) is 0 Å². The van der Waals surface area contributed by atoms with E-state index in [0.29, 0.717) is 0 Å². The van der Waals surface area contributed by atoms with Gasteiger partial charge in [-0.15, -0.1) is 0 Å². The average Bonchev–Trinajstić information content (AvgIpc) is 2.44. The van der Waals surface area contributed by atoms with Gasteiger partial charge in [0, 0.05) is 0 Å². The van der Waals surface area contributed by atoms with Gasteiger partial charge in [0.15, 0.2) is 0 Å². The zero-order valence-corrected chi connectivity index (χ0v) is 12.3. The SMILES string of the molecule is COC(=O)C(Cc1ccccc1)NS(=O)(=O)CCC(=O)O. The van der Waals surface area contributed by atoms with E-state index in [1.54, 1.807) is 30.3 Å². The molecule has 1 atom stereocenters. The zero-order chi connectivity index (χ0) is 15.9. The van der Waals surface area contributed by atoms with Gasteiger partial charge in [-0.25, -0.2) is 13.1 Å². The van der Waals surface area contributed by atoms with Crippen LogP contribution in [0, 0.1) is 0 Å². The quantitative estimate of drug-likeness (QED) is 0.662. The number of esters is 1. The predicted octanol–water partition coefficient (Wildman–Crippen LogP) is 0.165. The van der Waals surface area contributed by atoms with Crippen molar-refractivity contribution in [2.24, 2.45) is 0 Å². The van der Waals surface area contributed by atoms with Crippen LogP contribution < -0.4 is 4.72 Å². The maximum absolute atomic E-state index is 11.8. The molecule has 0 saturated heterocycles. The predicted molar refractivity (Wildman–Crippen MR) is 75.1 cm³/mol. The molecule has 0 amide bonds. The molecular formula is C13H17NO6S. The molecule has 1 aromatic rings. The van der Waals surface area contributed by atoms with Crippen molar-refractivity contribution in [1.82, 2.24) is 4.72 Å². The van der Waals surface area contributed by atoms with E-state index in [-0.39, 0.29) is 6.42 Å². The van der Waals surface area contributed by atoms with Gasteiger partial charge in [0.25, 0.3) is 0 Å². The molecule has 116 valence electrons. The second-order valence-electron chi connectivity index (χ2n) is 4.35. The van der Waals surface area contributed by atoms with E-state index in [1.807, 2.05) is 0 Å². The summed E-state index contributed by atoms with van der Waals surface area (Å²) in [4.78, 5) is 22.1. The first-order chi connectivity index (χ1) is 9.84. The maximum atomic E-state index is 11.8. The largest absolute Gasteiger partial charge is 0.481 e. The number of methoxy groups -OCH3 is 1. The molecule has 0 aliphatic carbocycles. The number of carbonyl (C=O) groups excluding carboxylic acids is 1. The van der Waals surface area contributed by atoms with Crippen LogP contribution in [0.3, 0.4) is 0 Å². The monoisotopic (exact) mass is 315 g/mol. The lowest BCUT2D eigenvalue weighted by atomic mass is 10.1. The Labute approximate surface area is 123 Å². The number of carboxylic acid groups (broad SMARTS) is 1. The maximum Gasteiger partial charge on any atom is 0.324 e. The lowest BCUT2D eigenvalue weighted by molar-refractivity contribution is -0.142. The Morgan fingerprint density at radius 3 is 2.43 bits per heavy atom. The summed E-state index contributed by atoms with van der Waals surface area (Å²) in [5, 5.41) is 8.52. The minimum Gasteiger partial charge on any atom is -0.481 e. The van der Waals surface area contributed by atoms with Gasteiger partial charge in [0.2, 0.25) is 10.0 Å². The van der Waals surface area contributed by atoms with E-state index >= 15 is 0 Å². The van der Waals surface area contributed by atoms with Crippen molar-refractivity contribution in [1.29, 1.82) is 0 Å². The third-order valence-electron chi connectivity index (χ3n) is 2.67. The summed E-state index contributed by atoms with van der Waals surface area (Å²) in [6.07, 6.45) is -0.408. The lowest BCUT2D eigenvalue weighted by Gasteiger charge is -2.16. The molecule has 0 aliphatic heterocycles. The van der Waals surface area contributed by atoms with Crippen molar-refractivity contribution in [2.45, 2.75) is 18.9 Å². The molecule has 0 bridgehead atoms. The molecule has 0 heterocycles. The third kappa shape index (κ3) is 6.37. The third-order valence-corrected chi connectivity index (χ3v) is 4.06. The second kappa shape index (κ2) is 7.75. The van der Waals surface area contributed by atoms with Crippen molar-refractivity contribution in [3.63, 3.8) is 0 Å². The lowest BCUT2D eigenvalue weighted by Crippen LogP contribution is -2.44. The van der Waals surface area contributed by atoms with Gasteiger partial charge in [0.05, 0.1) is 19.3 Å². The number of benzene rings is 1. The number of carboxylic acids is 1. The molecule has 0 spiro atoms. The number of aliphatic carboxylic acids is 1. The van der Waals surface area contributed by atoms with Crippen LogP contribution >= 0.6 is 0 Å². The molecule has 21 heavy (non-hydrogen) atoms.